The number of hydrogen-bond acceptors (Lipinski definition) is 4. The van der Waals surface area contributed by atoms with E-state index in [0.717, 1.165) is 31.1 Å². The van der Waals surface area contributed by atoms with Crippen LogP contribution in [0.2, 0.25) is 0 Å². The van der Waals surface area contributed by atoms with Crippen molar-refractivity contribution in [1.82, 2.24) is 19.7 Å². The second-order valence-electron chi connectivity index (χ2n) is 5.75. The Balaban J connectivity index is 1.61. The maximum absolute atomic E-state index is 12.5. The standard InChI is InChI=1S/C14H22N4OS/c1-11(13(19)17-8-4-2-3-5-9-17)20-14-16-15-10-18(14)12-6-7-12/h10-12H,2-9H2,1H3. The van der Waals surface area contributed by atoms with E-state index in [2.05, 4.69) is 14.8 Å². The summed E-state index contributed by atoms with van der Waals surface area (Å²) in [5, 5.41) is 8.98. The zero-order chi connectivity index (χ0) is 13.9. The number of nitrogens with zero attached hydrogens (tertiary/aromatic N) is 4. The van der Waals surface area contributed by atoms with Crippen LogP contribution in [0.4, 0.5) is 0 Å². The second kappa shape index (κ2) is 6.16. The normalized spacial score (nSPS) is 21.6. The van der Waals surface area contributed by atoms with E-state index < -0.39 is 0 Å². The second-order valence-corrected chi connectivity index (χ2v) is 7.06. The van der Waals surface area contributed by atoms with Crippen molar-refractivity contribution >= 4 is 17.7 Å². The van der Waals surface area contributed by atoms with Crippen molar-refractivity contribution in [2.24, 2.45) is 0 Å². The topological polar surface area (TPSA) is 51.0 Å². The molecule has 20 heavy (non-hydrogen) atoms. The number of rotatable bonds is 4. The first-order chi connectivity index (χ1) is 9.75. The molecule has 1 aromatic rings. The Bertz CT molecular complexity index is 463. The zero-order valence-electron chi connectivity index (χ0n) is 12.0. The number of carbonyl (C=O) groups excluding carboxylic acids is 1. The summed E-state index contributed by atoms with van der Waals surface area (Å²) < 4.78 is 2.12. The minimum atomic E-state index is -0.0743. The Morgan fingerprint density at radius 3 is 2.65 bits per heavy atom. The predicted octanol–water partition coefficient (Wildman–Crippen LogP) is 2.50. The van der Waals surface area contributed by atoms with Gasteiger partial charge in [-0.15, -0.1) is 10.2 Å². The Labute approximate surface area is 124 Å². The van der Waals surface area contributed by atoms with E-state index in [-0.39, 0.29) is 11.2 Å². The summed E-state index contributed by atoms with van der Waals surface area (Å²) in [5.74, 6) is 0.252. The molecular formula is C14H22N4OS. The predicted molar refractivity (Wildman–Crippen MR) is 78.7 cm³/mol. The van der Waals surface area contributed by atoms with Gasteiger partial charge in [-0.3, -0.25) is 4.79 Å². The molecule has 1 unspecified atom stereocenters. The van der Waals surface area contributed by atoms with Gasteiger partial charge >= 0.3 is 0 Å². The van der Waals surface area contributed by atoms with Gasteiger partial charge in [-0.1, -0.05) is 24.6 Å². The summed E-state index contributed by atoms with van der Waals surface area (Å²) in [5.41, 5.74) is 0. The smallest absolute Gasteiger partial charge is 0.235 e. The minimum absolute atomic E-state index is 0.0743. The fraction of sp³-hybridized carbons (Fsp3) is 0.786. The minimum Gasteiger partial charge on any atom is -0.342 e. The van der Waals surface area contributed by atoms with Crippen LogP contribution in [0.1, 0.15) is 51.5 Å². The lowest BCUT2D eigenvalue weighted by molar-refractivity contribution is -0.130. The third kappa shape index (κ3) is 3.16. The lowest BCUT2D eigenvalue weighted by Crippen LogP contribution is -2.37. The van der Waals surface area contributed by atoms with E-state index in [1.165, 1.54) is 25.7 Å². The van der Waals surface area contributed by atoms with Crippen molar-refractivity contribution in [1.29, 1.82) is 0 Å². The van der Waals surface area contributed by atoms with Gasteiger partial charge in [0.05, 0.1) is 5.25 Å². The van der Waals surface area contributed by atoms with E-state index in [0.29, 0.717) is 6.04 Å². The highest BCUT2D eigenvalue weighted by molar-refractivity contribution is 8.00. The van der Waals surface area contributed by atoms with Crippen molar-refractivity contribution < 1.29 is 4.79 Å². The quantitative estimate of drug-likeness (QED) is 0.801. The molecule has 2 heterocycles. The molecule has 6 heteroatoms. The molecule has 110 valence electrons. The fourth-order valence-electron chi connectivity index (χ4n) is 2.68. The molecule has 1 atom stereocenters. The first-order valence-electron chi connectivity index (χ1n) is 7.60. The molecule has 2 aliphatic rings. The van der Waals surface area contributed by atoms with Crippen LogP contribution < -0.4 is 0 Å². The molecule has 0 radical (unpaired) electrons. The number of amides is 1. The van der Waals surface area contributed by atoms with Crippen LogP contribution >= 0.6 is 11.8 Å². The van der Waals surface area contributed by atoms with Gasteiger partial charge in [0, 0.05) is 19.1 Å². The van der Waals surface area contributed by atoms with E-state index in [9.17, 15) is 4.79 Å². The van der Waals surface area contributed by atoms with Crippen molar-refractivity contribution in [2.45, 2.75) is 61.9 Å². The Hall–Kier alpha value is -1.04. The van der Waals surface area contributed by atoms with Crippen molar-refractivity contribution in [3.8, 4) is 0 Å². The molecule has 0 N–H and O–H groups in total. The molecular weight excluding hydrogens is 272 g/mol. The SMILES string of the molecule is CC(Sc1nncn1C1CC1)C(=O)N1CCCCCC1. The van der Waals surface area contributed by atoms with E-state index in [4.69, 9.17) is 0 Å². The number of thioether (sulfide) groups is 1. The van der Waals surface area contributed by atoms with Gasteiger partial charge in [0.2, 0.25) is 5.91 Å². The van der Waals surface area contributed by atoms with Gasteiger partial charge in [0.1, 0.15) is 6.33 Å². The van der Waals surface area contributed by atoms with Crippen molar-refractivity contribution in [3.05, 3.63) is 6.33 Å². The molecule has 1 saturated carbocycles. The molecule has 2 fully saturated rings. The third-order valence-electron chi connectivity index (χ3n) is 4.03. The summed E-state index contributed by atoms with van der Waals surface area (Å²) in [4.78, 5) is 14.6. The average molecular weight is 294 g/mol. The summed E-state index contributed by atoms with van der Waals surface area (Å²) in [6.07, 6.45) is 8.99. The van der Waals surface area contributed by atoms with Gasteiger partial charge in [0.15, 0.2) is 5.16 Å². The van der Waals surface area contributed by atoms with Crippen LogP contribution in [0.25, 0.3) is 0 Å². The largest absolute Gasteiger partial charge is 0.342 e. The van der Waals surface area contributed by atoms with E-state index in [1.54, 1.807) is 18.1 Å². The van der Waals surface area contributed by atoms with Gasteiger partial charge in [-0.2, -0.15) is 0 Å². The Morgan fingerprint density at radius 2 is 2.00 bits per heavy atom. The van der Waals surface area contributed by atoms with Gasteiger partial charge in [-0.05, 0) is 32.6 Å². The van der Waals surface area contributed by atoms with Crippen LogP contribution in [0, 0.1) is 0 Å². The van der Waals surface area contributed by atoms with Crippen molar-refractivity contribution in [2.75, 3.05) is 13.1 Å². The molecule has 1 saturated heterocycles. The molecule has 1 aromatic heterocycles. The lowest BCUT2D eigenvalue weighted by atomic mass is 10.2. The highest BCUT2D eigenvalue weighted by Crippen LogP contribution is 2.38. The van der Waals surface area contributed by atoms with Crippen LogP contribution in [-0.2, 0) is 4.79 Å². The van der Waals surface area contributed by atoms with Gasteiger partial charge in [0.25, 0.3) is 0 Å². The maximum atomic E-state index is 12.5. The van der Waals surface area contributed by atoms with E-state index >= 15 is 0 Å². The van der Waals surface area contributed by atoms with Gasteiger partial charge < -0.3 is 9.47 Å². The summed E-state index contributed by atoms with van der Waals surface area (Å²) >= 11 is 1.55. The molecule has 3 rings (SSSR count). The number of hydrogen-bond donors (Lipinski definition) is 0. The Morgan fingerprint density at radius 1 is 1.30 bits per heavy atom. The van der Waals surface area contributed by atoms with Crippen LogP contribution in [0.3, 0.4) is 0 Å². The molecule has 0 bridgehead atoms. The fourth-order valence-corrected chi connectivity index (χ4v) is 3.65. The number of carbonyl (C=O) groups is 1. The monoisotopic (exact) mass is 294 g/mol. The molecule has 1 aliphatic carbocycles. The number of aromatic nitrogens is 3. The van der Waals surface area contributed by atoms with Gasteiger partial charge in [-0.25, -0.2) is 0 Å². The first-order valence-corrected chi connectivity index (χ1v) is 8.48. The third-order valence-corrected chi connectivity index (χ3v) is 5.09. The molecule has 1 aliphatic heterocycles. The molecule has 0 aromatic carbocycles. The molecule has 1 amide bonds. The molecule has 5 nitrogen and oxygen atoms in total. The zero-order valence-corrected chi connectivity index (χ0v) is 12.8. The average Bonchev–Trinajstić information content (AvgIpc) is 3.24. The Kier molecular flexibility index (Phi) is 4.29. The summed E-state index contributed by atoms with van der Waals surface area (Å²) in [7, 11) is 0. The summed E-state index contributed by atoms with van der Waals surface area (Å²) in [6.45, 7) is 3.82. The van der Waals surface area contributed by atoms with Crippen LogP contribution in [0.15, 0.2) is 11.5 Å². The van der Waals surface area contributed by atoms with Crippen molar-refractivity contribution in [3.63, 3.8) is 0 Å². The van der Waals surface area contributed by atoms with Crippen LogP contribution in [-0.4, -0.2) is 43.9 Å². The first kappa shape index (κ1) is 13.9. The number of likely N-dealkylation sites (tertiary alicyclic amines) is 1. The lowest BCUT2D eigenvalue weighted by Gasteiger charge is -2.23. The van der Waals surface area contributed by atoms with Crippen LogP contribution in [0.5, 0.6) is 0 Å². The highest BCUT2D eigenvalue weighted by Gasteiger charge is 2.29. The van der Waals surface area contributed by atoms with E-state index in [1.807, 2.05) is 11.8 Å². The maximum Gasteiger partial charge on any atom is 0.235 e. The summed E-state index contributed by atoms with van der Waals surface area (Å²) in [6, 6.07) is 0.563. The highest BCUT2D eigenvalue weighted by atomic mass is 32.2. The molecule has 0 spiro atoms.